The van der Waals surface area contributed by atoms with Crippen LogP contribution in [0.15, 0.2) is 129 Å². The molecule has 0 aliphatic carbocycles. The summed E-state index contributed by atoms with van der Waals surface area (Å²) in [7, 11) is 0. The Balaban J connectivity index is 1.71. The number of ether oxygens (including phenoxy) is 3. The Hall–Kier alpha value is -5.49. The fraction of sp³-hybridized carbons (Fsp3) is 0.0833. The van der Waals surface area contributed by atoms with E-state index in [1.165, 1.54) is 18.2 Å². The van der Waals surface area contributed by atoms with Gasteiger partial charge in [-0.3, -0.25) is 0 Å². The molecule has 0 N–H and O–H groups in total. The van der Waals surface area contributed by atoms with Crippen LogP contribution < -0.4 is 14.2 Å². The number of hydrogen-bond acceptors (Lipinski definition) is 6. The van der Waals surface area contributed by atoms with Crippen molar-refractivity contribution in [1.82, 2.24) is 0 Å². The smallest absolute Gasteiger partial charge is 0.343 e. The summed E-state index contributed by atoms with van der Waals surface area (Å²) in [5, 5.41) is 0. The fourth-order valence-electron chi connectivity index (χ4n) is 4.24. The Bertz CT molecular complexity index is 1440. The maximum Gasteiger partial charge on any atom is 0.343 e. The third-order valence-electron chi connectivity index (χ3n) is 6.26. The number of hydrogen-bond donors (Lipinski definition) is 0. The summed E-state index contributed by atoms with van der Waals surface area (Å²) in [5.74, 6) is -1.23. The van der Waals surface area contributed by atoms with Gasteiger partial charge in [-0.1, -0.05) is 72.8 Å². The van der Waals surface area contributed by atoms with Crippen molar-refractivity contribution in [2.24, 2.45) is 0 Å². The second-order valence-electron chi connectivity index (χ2n) is 9.27. The van der Waals surface area contributed by atoms with Gasteiger partial charge >= 0.3 is 17.9 Å². The molecule has 0 bridgehead atoms. The van der Waals surface area contributed by atoms with Crippen molar-refractivity contribution in [3.63, 3.8) is 0 Å². The number of carbonyl (C=O) groups excluding carboxylic acids is 3. The van der Waals surface area contributed by atoms with Crippen molar-refractivity contribution in [1.29, 1.82) is 0 Å². The molecule has 0 fully saturated rings. The van der Waals surface area contributed by atoms with Crippen LogP contribution in [0.5, 0.6) is 17.2 Å². The lowest BCUT2D eigenvalue weighted by atomic mass is 10.0. The largest absolute Gasteiger partial charge is 0.423 e. The number of esters is 3. The average molecular weight is 559 g/mol. The zero-order valence-corrected chi connectivity index (χ0v) is 23.1. The summed E-state index contributed by atoms with van der Waals surface area (Å²) < 4.78 is 17.0. The Morgan fingerprint density at radius 1 is 0.476 bits per heavy atom. The van der Waals surface area contributed by atoms with Crippen LogP contribution in [0.25, 0.3) is 0 Å². The monoisotopic (exact) mass is 558 g/mol. The number of rotatable bonds is 12. The molecule has 0 saturated carbocycles. The summed E-state index contributed by atoms with van der Waals surface area (Å²) >= 11 is 0. The van der Waals surface area contributed by atoms with Gasteiger partial charge in [-0.2, -0.15) is 0 Å². The standard InChI is InChI=1S/C36H30O6/c1-4-13-25-16-7-10-19-31(25)40-34(37)28-22-29(35(38)41-32-20-11-8-17-26(32)14-5-2)24-30(23-28)36(39)42-33-21-12-9-18-27(33)15-6-3/h4-12,16-24H,1-3,13-15H2. The van der Waals surface area contributed by atoms with E-state index in [1.807, 2.05) is 36.4 Å². The van der Waals surface area contributed by atoms with Crippen LogP contribution in [0.1, 0.15) is 47.8 Å². The topological polar surface area (TPSA) is 78.9 Å². The van der Waals surface area contributed by atoms with Crippen molar-refractivity contribution < 1.29 is 28.6 Å². The van der Waals surface area contributed by atoms with Crippen LogP contribution in [0.4, 0.5) is 0 Å². The number of para-hydroxylation sites is 3. The fourth-order valence-corrected chi connectivity index (χ4v) is 4.24. The van der Waals surface area contributed by atoms with Crippen LogP contribution in [-0.2, 0) is 19.3 Å². The highest BCUT2D eigenvalue weighted by molar-refractivity contribution is 6.02. The molecule has 0 spiro atoms. The first kappa shape index (κ1) is 29.5. The molecule has 210 valence electrons. The van der Waals surface area contributed by atoms with Gasteiger partial charge in [0.1, 0.15) is 17.2 Å². The van der Waals surface area contributed by atoms with E-state index in [1.54, 1.807) is 54.6 Å². The first-order valence-electron chi connectivity index (χ1n) is 13.3. The minimum Gasteiger partial charge on any atom is -0.423 e. The highest BCUT2D eigenvalue weighted by Crippen LogP contribution is 2.25. The molecule has 4 rings (SSSR count). The first-order valence-corrected chi connectivity index (χ1v) is 13.3. The van der Waals surface area contributed by atoms with Gasteiger partial charge in [-0.25, -0.2) is 14.4 Å². The van der Waals surface area contributed by atoms with Crippen LogP contribution in [-0.4, -0.2) is 17.9 Å². The van der Waals surface area contributed by atoms with E-state index in [4.69, 9.17) is 14.2 Å². The summed E-state index contributed by atoms with van der Waals surface area (Å²) in [6.07, 6.45) is 6.56. The second-order valence-corrected chi connectivity index (χ2v) is 9.27. The third kappa shape index (κ3) is 7.37. The van der Waals surface area contributed by atoms with Gasteiger partial charge in [0, 0.05) is 0 Å². The normalized spacial score (nSPS) is 10.3. The van der Waals surface area contributed by atoms with Gasteiger partial charge in [0.2, 0.25) is 0 Å². The minimum absolute atomic E-state index is 0.0245. The van der Waals surface area contributed by atoms with E-state index >= 15 is 0 Å². The lowest BCUT2D eigenvalue weighted by molar-refractivity contribution is 0.0733. The van der Waals surface area contributed by atoms with Crippen LogP contribution in [0.2, 0.25) is 0 Å². The summed E-state index contributed by atoms with van der Waals surface area (Å²) in [6, 6.07) is 25.2. The zero-order chi connectivity index (χ0) is 29.9. The SMILES string of the molecule is C=CCc1ccccc1OC(=O)c1cc(C(=O)Oc2ccccc2CC=C)cc(C(=O)Oc2ccccc2CC=C)c1. The van der Waals surface area contributed by atoms with E-state index in [-0.39, 0.29) is 16.7 Å². The van der Waals surface area contributed by atoms with Gasteiger partial charge in [-0.15, -0.1) is 19.7 Å². The predicted molar refractivity (Wildman–Crippen MR) is 162 cm³/mol. The zero-order valence-electron chi connectivity index (χ0n) is 23.1. The summed E-state index contributed by atoms with van der Waals surface area (Å²) in [6.45, 7) is 11.2. The van der Waals surface area contributed by atoms with Crippen molar-refractivity contribution in [2.75, 3.05) is 0 Å². The van der Waals surface area contributed by atoms with Crippen molar-refractivity contribution in [3.8, 4) is 17.2 Å². The Morgan fingerprint density at radius 3 is 1.00 bits per heavy atom. The molecular formula is C36H30O6. The van der Waals surface area contributed by atoms with Crippen LogP contribution in [0.3, 0.4) is 0 Å². The molecule has 0 radical (unpaired) electrons. The van der Waals surface area contributed by atoms with E-state index in [0.29, 0.717) is 36.5 Å². The van der Waals surface area contributed by atoms with Crippen LogP contribution in [0, 0.1) is 0 Å². The number of allylic oxidation sites excluding steroid dienone is 3. The third-order valence-corrected chi connectivity index (χ3v) is 6.26. The van der Waals surface area contributed by atoms with E-state index in [2.05, 4.69) is 19.7 Å². The first-order chi connectivity index (χ1) is 20.4. The average Bonchev–Trinajstić information content (AvgIpc) is 3.00. The van der Waals surface area contributed by atoms with Gasteiger partial charge < -0.3 is 14.2 Å². The minimum atomic E-state index is -0.755. The quantitative estimate of drug-likeness (QED) is 0.102. The molecule has 4 aromatic rings. The molecule has 0 unspecified atom stereocenters. The molecule has 0 aromatic heterocycles. The van der Waals surface area contributed by atoms with Crippen LogP contribution >= 0.6 is 0 Å². The number of carbonyl (C=O) groups is 3. The predicted octanol–water partition coefficient (Wildman–Crippen LogP) is 7.53. The van der Waals surface area contributed by atoms with Gasteiger partial charge in [-0.05, 0) is 72.4 Å². The van der Waals surface area contributed by atoms with E-state index < -0.39 is 17.9 Å². The molecular weight excluding hydrogens is 528 g/mol. The lowest BCUT2D eigenvalue weighted by Gasteiger charge is -2.13. The summed E-state index contributed by atoms with van der Waals surface area (Å²) in [5.41, 5.74) is 2.20. The second kappa shape index (κ2) is 14.2. The van der Waals surface area contributed by atoms with E-state index in [9.17, 15) is 14.4 Å². The molecule has 42 heavy (non-hydrogen) atoms. The maximum atomic E-state index is 13.3. The molecule has 6 heteroatoms. The number of benzene rings is 4. The van der Waals surface area contributed by atoms with Gasteiger partial charge in [0.05, 0.1) is 16.7 Å². The Morgan fingerprint density at radius 2 is 0.738 bits per heavy atom. The van der Waals surface area contributed by atoms with Gasteiger partial charge in [0.25, 0.3) is 0 Å². The van der Waals surface area contributed by atoms with Crippen molar-refractivity contribution in [3.05, 3.63) is 162 Å². The molecule has 0 aliphatic heterocycles. The Kier molecular flexibility index (Phi) is 9.99. The molecule has 0 amide bonds. The van der Waals surface area contributed by atoms with Crippen molar-refractivity contribution in [2.45, 2.75) is 19.3 Å². The summed E-state index contributed by atoms with van der Waals surface area (Å²) in [4.78, 5) is 40.0. The molecule has 0 heterocycles. The van der Waals surface area contributed by atoms with E-state index in [0.717, 1.165) is 16.7 Å². The molecule has 0 atom stereocenters. The maximum absolute atomic E-state index is 13.3. The lowest BCUT2D eigenvalue weighted by Crippen LogP contribution is -2.17. The molecule has 4 aromatic carbocycles. The highest BCUT2D eigenvalue weighted by atomic mass is 16.5. The van der Waals surface area contributed by atoms with Crippen molar-refractivity contribution >= 4 is 17.9 Å². The molecule has 0 saturated heterocycles. The Labute approximate surface area is 245 Å². The highest BCUT2D eigenvalue weighted by Gasteiger charge is 2.22. The molecule has 0 aliphatic rings. The molecule has 6 nitrogen and oxygen atoms in total. The van der Waals surface area contributed by atoms with Gasteiger partial charge in [0.15, 0.2) is 0 Å².